The summed E-state index contributed by atoms with van der Waals surface area (Å²) >= 11 is 0. The normalized spacial score (nSPS) is 18.7. The Morgan fingerprint density at radius 3 is 2.33 bits per heavy atom. The maximum absolute atomic E-state index is 13.6. The van der Waals surface area contributed by atoms with E-state index >= 15 is 0 Å². The van der Waals surface area contributed by atoms with Gasteiger partial charge >= 0.3 is 0 Å². The second kappa shape index (κ2) is 5.33. The molecule has 1 fully saturated rings. The largest absolute Gasteiger partial charge is 0.396 e. The summed E-state index contributed by atoms with van der Waals surface area (Å²) in [6, 6.07) is 3.83. The summed E-state index contributed by atoms with van der Waals surface area (Å²) in [6.45, 7) is 0.113. The van der Waals surface area contributed by atoms with E-state index in [0.717, 1.165) is 19.3 Å². The summed E-state index contributed by atoms with van der Waals surface area (Å²) in [5, 5.41) is 9.57. The van der Waals surface area contributed by atoms with Crippen LogP contribution in [0.5, 0.6) is 0 Å². The van der Waals surface area contributed by atoms with E-state index in [2.05, 4.69) is 0 Å². The second-order valence-corrected chi connectivity index (χ2v) is 5.39. The van der Waals surface area contributed by atoms with E-state index in [1.54, 1.807) is 0 Å². The third kappa shape index (κ3) is 2.87. The molecule has 0 spiro atoms. The molecule has 18 heavy (non-hydrogen) atoms. The zero-order chi connectivity index (χ0) is 13.2. The van der Waals surface area contributed by atoms with Crippen molar-refractivity contribution < 1.29 is 13.9 Å². The van der Waals surface area contributed by atoms with Crippen LogP contribution in [0.15, 0.2) is 18.2 Å². The lowest BCUT2D eigenvalue weighted by atomic mass is 9.77. The van der Waals surface area contributed by atoms with Gasteiger partial charge in [0.2, 0.25) is 0 Å². The predicted octanol–water partition coefficient (Wildman–Crippen LogP) is 2.24. The van der Waals surface area contributed by atoms with E-state index in [9.17, 15) is 13.9 Å². The molecule has 0 heterocycles. The van der Waals surface area contributed by atoms with Crippen LogP contribution in [-0.2, 0) is 6.42 Å². The summed E-state index contributed by atoms with van der Waals surface area (Å²) in [4.78, 5) is 0. The predicted molar refractivity (Wildman–Crippen MR) is 66.0 cm³/mol. The highest BCUT2D eigenvalue weighted by Crippen LogP contribution is 2.41. The molecule has 2 nitrogen and oxygen atoms in total. The molecule has 0 bridgehead atoms. The highest BCUT2D eigenvalue weighted by atomic mass is 19.1. The van der Waals surface area contributed by atoms with Crippen LogP contribution < -0.4 is 5.73 Å². The topological polar surface area (TPSA) is 46.2 Å². The number of aliphatic hydroxyl groups is 1. The van der Waals surface area contributed by atoms with Gasteiger partial charge in [0.15, 0.2) is 0 Å². The fraction of sp³-hybridized carbons (Fsp3) is 0.571. The summed E-state index contributed by atoms with van der Waals surface area (Å²) < 4.78 is 27.3. The first kappa shape index (κ1) is 13.4. The Morgan fingerprint density at radius 1 is 1.28 bits per heavy atom. The summed E-state index contributed by atoms with van der Waals surface area (Å²) in [5.41, 5.74) is 5.18. The molecule has 100 valence electrons. The van der Waals surface area contributed by atoms with Crippen LogP contribution in [-0.4, -0.2) is 18.3 Å². The number of aliphatic hydroxyl groups excluding tert-OH is 1. The molecule has 1 unspecified atom stereocenters. The number of hydrogen-bond donors (Lipinski definition) is 2. The molecular weight excluding hydrogens is 236 g/mol. The third-order valence-electron chi connectivity index (χ3n) is 3.80. The van der Waals surface area contributed by atoms with Crippen molar-refractivity contribution in [1.29, 1.82) is 0 Å². The van der Waals surface area contributed by atoms with Gasteiger partial charge in [-0.3, -0.25) is 0 Å². The van der Waals surface area contributed by atoms with E-state index < -0.39 is 17.0 Å². The average molecular weight is 255 g/mol. The van der Waals surface area contributed by atoms with Gasteiger partial charge in [-0.15, -0.1) is 0 Å². The van der Waals surface area contributed by atoms with Gasteiger partial charge in [0.05, 0.1) is 6.61 Å². The van der Waals surface area contributed by atoms with Crippen molar-refractivity contribution in [2.45, 2.75) is 25.7 Å². The van der Waals surface area contributed by atoms with E-state index in [1.165, 1.54) is 18.2 Å². The third-order valence-corrected chi connectivity index (χ3v) is 3.80. The van der Waals surface area contributed by atoms with Crippen LogP contribution in [0.4, 0.5) is 8.78 Å². The quantitative estimate of drug-likeness (QED) is 0.819. The number of hydrogen-bond acceptors (Lipinski definition) is 2. The van der Waals surface area contributed by atoms with Crippen molar-refractivity contribution in [3.8, 4) is 0 Å². The van der Waals surface area contributed by atoms with Crippen molar-refractivity contribution in [3.05, 3.63) is 35.4 Å². The van der Waals surface area contributed by atoms with Gasteiger partial charge in [0.25, 0.3) is 0 Å². The Morgan fingerprint density at radius 2 is 1.89 bits per heavy atom. The van der Waals surface area contributed by atoms with Gasteiger partial charge in [-0.25, -0.2) is 8.78 Å². The van der Waals surface area contributed by atoms with Gasteiger partial charge in [0.1, 0.15) is 11.6 Å². The molecule has 1 aromatic rings. The smallest absolute Gasteiger partial charge is 0.129 e. The maximum atomic E-state index is 13.6. The number of halogens is 2. The zero-order valence-corrected chi connectivity index (χ0v) is 10.3. The molecule has 0 amide bonds. The molecule has 1 aliphatic rings. The van der Waals surface area contributed by atoms with Crippen LogP contribution in [0, 0.1) is 23.0 Å². The highest BCUT2D eigenvalue weighted by Gasteiger charge is 2.37. The molecule has 3 N–H and O–H groups in total. The first-order valence-corrected chi connectivity index (χ1v) is 6.34. The average Bonchev–Trinajstić information content (AvgIpc) is 3.16. The SMILES string of the molecule is NCC(CO)(Cc1c(F)cccc1F)CC1CC1. The van der Waals surface area contributed by atoms with E-state index in [-0.39, 0.29) is 25.1 Å². The van der Waals surface area contributed by atoms with Gasteiger partial charge in [-0.1, -0.05) is 18.9 Å². The molecule has 1 aliphatic carbocycles. The van der Waals surface area contributed by atoms with E-state index in [0.29, 0.717) is 5.92 Å². The van der Waals surface area contributed by atoms with Crippen LogP contribution >= 0.6 is 0 Å². The van der Waals surface area contributed by atoms with Crippen molar-refractivity contribution in [3.63, 3.8) is 0 Å². The minimum absolute atomic E-state index is 0.0395. The second-order valence-electron chi connectivity index (χ2n) is 5.39. The molecule has 1 saturated carbocycles. The van der Waals surface area contributed by atoms with Gasteiger partial charge in [-0.05, 0) is 30.9 Å². The maximum Gasteiger partial charge on any atom is 0.129 e. The zero-order valence-electron chi connectivity index (χ0n) is 10.3. The van der Waals surface area contributed by atoms with Gasteiger partial charge in [0, 0.05) is 17.5 Å². The standard InChI is InChI=1S/C14H19F2NO/c15-12-2-1-3-13(16)11(12)7-14(8-17,9-18)6-10-4-5-10/h1-3,10,18H,4-9,17H2. The van der Waals surface area contributed by atoms with Gasteiger partial charge < -0.3 is 10.8 Å². The Balaban J connectivity index is 2.21. The number of nitrogens with two attached hydrogens (primary N) is 1. The van der Waals surface area contributed by atoms with E-state index in [1.807, 2.05) is 0 Å². The highest BCUT2D eigenvalue weighted by molar-refractivity contribution is 5.21. The van der Waals surface area contributed by atoms with Crippen LogP contribution in [0.2, 0.25) is 0 Å². The lowest BCUT2D eigenvalue weighted by Crippen LogP contribution is -2.37. The Bertz CT molecular complexity index is 394. The molecule has 1 aromatic carbocycles. The van der Waals surface area contributed by atoms with Crippen molar-refractivity contribution in [1.82, 2.24) is 0 Å². The molecule has 0 aliphatic heterocycles. The summed E-state index contributed by atoms with van der Waals surface area (Å²) in [6.07, 6.45) is 3.16. The molecule has 0 saturated heterocycles. The van der Waals surface area contributed by atoms with E-state index in [4.69, 9.17) is 5.73 Å². The lowest BCUT2D eigenvalue weighted by Gasteiger charge is -2.31. The van der Waals surface area contributed by atoms with Crippen LogP contribution in [0.1, 0.15) is 24.8 Å². The fourth-order valence-electron chi connectivity index (χ4n) is 2.42. The Hall–Kier alpha value is -1.00. The number of benzene rings is 1. The van der Waals surface area contributed by atoms with Crippen molar-refractivity contribution >= 4 is 0 Å². The first-order valence-electron chi connectivity index (χ1n) is 6.34. The van der Waals surface area contributed by atoms with Crippen LogP contribution in [0.25, 0.3) is 0 Å². The van der Waals surface area contributed by atoms with Crippen molar-refractivity contribution in [2.24, 2.45) is 17.1 Å². The number of rotatable bonds is 6. The monoisotopic (exact) mass is 255 g/mol. The van der Waals surface area contributed by atoms with Crippen LogP contribution in [0.3, 0.4) is 0 Å². The van der Waals surface area contributed by atoms with Gasteiger partial charge in [-0.2, -0.15) is 0 Å². The Labute approximate surface area is 106 Å². The molecule has 2 rings (SSSR count). The minimum atomic E-state index is -0.593. The Kier molecular flexibility index (Phi) is 3.97. The summed E-state index contributed by atoms with van der Waals surface area (Å²) in [7, 11) is 0. The fourth-order valence-corrected chi connectivity index (χ4v) is 2.42. The molecule has 0 aromatic heterocycles. The van der Waals surface area contributed by atoms with Crippen molar-refractivity contribution in [2.75, 3.05) is 13.2 Å². The molecule has 1 atom stereocenters. The summed E-state index contributed by atoms with van der Waals surface area (Å²) in [5.74, 6) is -0.565. The lowest BCUT2D eigenvalue weighted by molar-refractivity contribution is 0.113. The minimum Gasteiger partial charge on any atom is -0.396 e. The molecular formula is C14H19F2NO. The molecule has 0 radical (unpaired) electrons. The first-order chi connectivity index (χ1) is 8.60. The molecule has 4 heteroatoms.